The van der Waals surface area contributed by atoms with Gasteiger partial charge in [0.1, 0.15) is 11.5 Å². The molecule has 1 fully saturated rings. The van der Waals surface area contributed by atoms with E-state index in [9.17, 15) is 24.6 Å². The van der Waals surface area contributed by atoms with Crippen molar-refractivity contribution in [1.82, 2.24) is 4.90 Å². The average Bonchev–Trinajstić information content (AvgIpc) is 2.99. The van der Waals surface area contributed by atoms with Gasteiger partial charge < -0.3 is 20.2 Å². The predicted molar refractivity (Wildman–Crippen MR) is 110 cm³/mol. The lowest BCUT2D eigenvalue weighted by Crippen LogP contribution is -2.30. The van der Waals surface area contributed by atoms with Gasteiger partial charge in [-0.3, -0.25) is 14.4 Å². The van der Waals surface area contributed by atoms with Gasteiger partial charge in [-0.05, 0) is 30.5 Å². The number of likely N-dealkylation sites (tertiary alicyclic amines) is 1. The number of rotatable bonds is 8. The fourth-order valence-electron chi connectivity index (χ4n) is 3.60. The number of carbonyl (C=O) groups excluding carboxylic acids is 2. The lowest BCUT2D eigenvalue weighted by Gasteiger charge is -2.25. The molecule has 7 nitrogen and oxygen atoms in total. The predicted octanol–water partition coefficient (Wildman–Crippen LogP) is 3.46. The minimum absolute atomic E-state index is 0.00225. The molecule has 3 N–H and O–H groups in total. The van der Waals surface area contributed by atoms with Gasteiger partial charge in [0.25, 0.3) is 11.7 Å². The SMILES string of the molecule is O=C(O)CCCCCN1C(=O)C(=O)C(=C(O)c2ccccc2)C1c1ccc(O)cc1. The summed E-state index contributed by atoms with van der Waals surface area (Å²) in [5.41, 5.74) is 1.03. The first-order valence-corrected chi connectivity index (χ1v) is 9.74. The third-order valence-electron chi connectivity index (χ3n) is 5.09. The quantitative estimate of drug-likeness (QED) is 0.266. The third-order valence-corrected chi connectivity index (χ3v) is 5.09. The van der Waals surface area contributed by atoms with E-state index in [0.29, 0.717) is 30.4 Å². The number of aliphatic carboxylic acids is 1. The molecule has 0 spiro atoms. The number of phenolic OH excluding ortho intramolecular Hbond substituents is 1. The monoisotopic (exact) mass is 409 g/mol. The molecule has 1 saturated heterocycles. The smallest absolute Gasteiger partial charge is 0.303 e. The molecule has 7 heteroatoms. The van der Waals surface area contributed by atoms with Crippen molar-refractivity contribution in [3.63, 3.8) is 0 Å². The van der Waals surface area contributed by atoms with Crippen LogP contribution in [0.15, 0.2) is 60.2 Å². The number of carboxylic acids is 1. The molecule has 0 saturated carbocycles. The zero-order valence-electron chi connectivity index (χ0n) is 16.3. The van der Waals surface area contributed by atoms with Crippen molar-refractivity contribution in [3.05, 3.63) is 71.3 Å². The highest BCUT2D eigenvalue weighted by atomic mass is 16.4. The number of phenols is 1. The summed E-state index contributed by atoms with van der Waals surface area (Å²) in [7, 11) is 0. The van der Waals surface area contributed by atoms with Crippen LogP contribution in [0, 0.1) is 0 Å². The minimum atomic E-state index is -0.873. The zero-order valence-corrected chi connectivity index (χ0v) is 16.3. The van der Waals surface area contributed by atoms with Crippen LogP contribution in [-0.4, -0.2) is 44.4 Å². The fraction of sp³-hybridized carbons (Fsp3) is 0.261. The molecule has 1 aliphatic heterocycles. The summed E-state index contributed by atoms with van der Waals surface area (Å²) in [5.74, 6) is -2.54. The Morgan fingerprint density at radius 2 is 1.57 bits per heavy atom. The molecule has 2 aromatic carbocycles. The van der Waals surface area contributed by atoms with E-state index < -0.39 is 23.7 Å². The van der Waals surface area contributed by atoms with Crippen LogP contribution in [0.1, 0.15) is 42.9 Å². The van der Waals surface area contributed by atoms with E-state index in [1.165, 1.54) is 17.0 Å². The molecule has 0 aliphatic carbocycles. The van der Waals surface area contributed by atoms with Crippen LogP contribution in [0.2, 0.25) is 0 Å². The van der Waals surface area contributed by atoms with Crippen LogP contribution in [-0.2, 0) is 14.4 Å². The topological polar surface area (TPSA) is 115 Å². The van der Waals surface area contributed by atoms with Gasteiger partial charge in [-0.25, -0.2) is 0 Å². The van der Waals surface area contributed by atoms with Crippen LogP contribution in [0.4, 0.5) is 0 Å². The van der Waals surface area contributed by atoms with Gasteiger partial charge in [-0.1, -0.05) is 48.9 Å². The summed E-state index contributed by atoms with van der Waals surface area (Å²) < 4.78 is 0. The Bertz CT molecular complexity index is 965. The molecular formula is C23H23NO6. The van der Waals surface area contributed by atoms with E-state index in [2.05, 4.69) is 0 Å². The molecule has 1 amide bonds. The molecule has 3 rings (SSSR count). The molecule has 1 heterocycles. The van der Waals surface area contributed by atoms with Gasteiger partial charge in [-0.2, -0.15) is 0 Å². The van der Waals surface area contributed by atoms with Gasteiger partial charge in [0.05, 0.1) is 11.6 Å². The maximum atomic E-state index is 12.8. The summed E-state index contributed by atoms with van der Waals surface area (Å²) in [4.78, 5) is 37.7. The molecule has 0 bridgehead atoms. The Kier molecular flexibility index (Phi) is 6.51. The molecule has 30 heavy (non-hydrogen) atoms. The van der Waals surface area contributed by atoms with E-state index in [1.807, 2.05) is 0 Å². The van der Waals surface area contributed by atoms with Gasteiger partial charge in [0.15, 0.2) is 0 Å². The largest absolute Gasteiger partial charge is 0.508 e. The number of Topliss-reactive ketones (excluding diaryl/α,β-unsaturated/α-hetero) is 1. The van der Waals surface area contributed by atoms with Crippen molar-refractivity contribution in [1.29, 1.82) is 0 Å². The molecule has 1 unspecified atom stereocenters. The van der Waals surface area contributed by atoms with E-state index in [-0.39, 0.29) is 30.0 Å². The van der Waals surface area contributed by atoms with Gasteiger partial charge in [-0.15, -0.1) is 0 Å². The number of aliphatic hydroxyl groups excluding tert-OH is 1. The number of hydrogen-bond donors (Lipinski definition) is 3. The lowest BCUT2D eigenvalue weighted by molar-refractivity contribution is -0.140. The van der Waals surface area contributed by atoms with Crippen LogP contribution >= 0.6 is 0 Å². The Morgan fingerprint density at radius 1 is 0.900 bits per heavy atom. The Balaban J connectivity index is 1.95. The first-order chi connectivity index (χ1) is 14.4. The average molecular weight is 409 g/mol. The normalized spacial score (nSPS) is 18.0. The highest BCUT2D eigenvalue weighted by Crippen LogP contribution is 2.39. The molecule has 156 valence electrons. The molecule has 0 radical (unpaired) electrons. The molecule has 2 aromatic rings. The van der Waals surface area contributed by atoms with Crippen molar-refractivity contribution in [2.75, 3.05) is 6.54 Å². The lowest BCUT2D eigenvalue weighted by atomic mass is 9.95. The number of hydrogen-bond acceptors (Lipinski definition) is 5. The third kappa shape index (κ3) is 4.51. The first-order valence-electron chi connectivity index (χ1n) is 9.74. The van der Waals surface area contributed by atoms with E-state index >= 15 is 0 Å². The van der Waals surface area contributed by atoms with Crippen molar-refractivity contribution in [3.8, 4) is 5.75 Å². The molecular weight excluding hydrogens is 386 g/mol. The number of aliphatic hydroxyl groups is 1. The van der Waals surface area contributed by atoms with Crippen LogP contribution in [0.3, 0.4) is 0 Å². The summed E-state index contributed by atoms with van der Waals surface area (Å²) in [6.45, 7) is 0.251. The maximum absolute atomic E-state index is 12.8. The van der Waals surface area contributed by atoms with Gasteiger partial charge in [0.2, 0.25) is 0 Å². The van der Waals surface area contributed by atoms with Gasteiger partial charge in [0, 0.05) is 18.5 Å². The standard InChI is InChI=1S/C23H23NO6/c25-17-12-10-15(11-13-17)20-19(21(28)16-7-3-1-4-8-16)22(29)23(30)24(20)14-6-2-5-9-18(26)27/h1,3-4,7-8,10-13,20,25,28H,2,5-6,9,14H2,(H,26,27). The first kappa shape index (κ1) is 21.1. The number of amides is 1. The molecule has 0 aromatic heterocycles. The van der Waals surface area contributed by atoms with Crippen molar-refractivity contribution in [2.24, 2.45) is 0 Å². The maximum Gasteiger partial charge on any atom is 0.303 e. The molecule has 1 atom stereocenters. The number of carbonyl (C=O) groups is 3. The van der Waals surface area contributed by atoms with Crippen LogP contribution < -0.4 is 0 Å². The number of unbranched alkanes of at least 4 members (excludes halogenated alkanes) is 2. The number of aromatic hydroxyl groups is 1. The summed E-state index contributed by atoms with van der Waals surface area (Å²) in [6, 6.07) is 13.9. The summed E-state index contributed by atoms with van der Waals surface area (Å²) in [6.07, 6.45) is 1.65. The second-order valence-electron chi connectivity index (χ2n) is 7.15. The van der Waals surface area contributed by atoms with Crippen LogP contribution in [0.5, 0.6) is 5.75 Å². The number of carboxylic acid groups (broad SMARTS) is 1. The number of benzene rings is 2. The Hall–Kier alpha value is -3.61. The molecule has 1 aliphatic rings. The summed E-state index contributed by atoms with van der Waals surface area (Å²) >= 11 is 0. The fourth-order valence-corrected chi connectivity index (χ4v) is 3.60. The van der Waals surface area contributed by atoms with E-state index in [0.717, 1.165) is 0 Å². The van der Waals surface area contributed by atoms with Crippen molar-refractivity contribution in [2.45, 2.75) is 31.7 Å². The van der Waals surface area contributed by atoms with E-state index in [4.69, 9.17) is 5.11 Å². The summed E-state index contributed by atoms with van der Waals surface area (Å²) in [5, 5.41) is 29.2. The minimum Gasteiger partial charge on any atom is -0.508 e. The highest BCUT2D eigenvalue weighted by molar-refractivity contribution is 6.46. The van der Waals surface area contributed by atoms with Crippen molar-refractivity contribution >= 4 is 23.4 Å². The van der Waals surface area contributed by atoms with Gasteiger partial charge >= 0.3 is 5.97 Å². The second-order valence-corrected chi connectivity index (χ2v) is 7.15. The zero-order chi connectivity index (χ0) is 21.7. The van der Waals surface area contributed by atoms with Crippen LogP contribution in [0.25, 0.3) is 5.76 Å². The Labute approximate surface area is 173 Å². The number of nitrogens with zero attached hydrogens (tertiary/aromatic N) is 1. The highest BCUT2D eigenvalue weighted by Gasteiger charge is 2.45. The van der Waals surface area contributed by atoms with E-state index in [1.54, 1.807) is 42.5 Å². The Morgan fingerprint density at radius 3 is 2.20 bits per heavy atom. The van der Waals surface area contributed by atoms with Crippen molar-refractivity contribution < 1.29 is 29.7 Å². The number of ketones is 1. The second kappa shape index (κ2) is 9.26.